The zero-order valence-electron chi connectivity index (χ0n) is 15.2. The summed E-state index contributed by atoms with van der Waals surface area (Å²) in [5.41, 5.74) is 1.67. The van der Waals surface area contributed by atoms with E-state index < -0.39 is 0 Å². The van der Waals surface area contributed by atoms with Gasteiger partial charge in [-0.2, -0.15) is 0 Å². The first kappa shape index (κ1) is 17.8. The molecule has 1 N–H and O–H groups in total. The van der Waals surface area contributed by atoms with Crippen molar-refractivity contribution >= 4 is 5.91 Å². The summed E-state index contributed by atoms with van der Waals surface area (Å²) < 4.78 is 18.2. The highest BCUT2D eigenvalue weighted by Gasteiger charge is 2.16. The summed E-state index contributed by atoms with van der Waals surface area (Å²) in [6.07, 6.45) is 1.49. The number of carbonyl (C=O) groups is 1. The van der Waals surface area contributed by atoms with Gasteiger partial charge in [-0.1, -0.05) is 12.1 Å². The van der Waals surface area contributed by atoms with Crippen molar-refractivity contribution in [2.75, 3.05) is 19.8 Å². The quantitative estimate of drug-likeness (QED) is 0.693. The minimum Gasteiger partial charge on any atom is -0.486 e. The van der Waals surface area contributed by atoms with E-state index in [-0.39, 0.29) is 18.6 Å². The molecule has 1 aliphatic rings. The molecule has 4 rings (SSSR count). The van der Waals surface area contributed by atoms with Gasteiger partial charge >= 0.3 is 0 Å². The Balaban J connectivity index is 1.34. The van der Waals surface area contributed by atoms with Crippen LogP contribution >= 0.6 is 0 Å². The monoisotopic (exact) mass is 381 g/mol. The van der Waals surface area contributed by atoms with E-state index in [1.165, 1.54) is 11.0 Å². The van der Waals surface area contributed by atoms with Gasteiger partial charge in [0, 0.05) is 6.07 Å². The number of carbonyl (C=O) groups excluding carboxylic acids is 1. The second kappa shape index (κ2) is 7.95. The molecule has 3 aromatic rings. The zero-order chi connectivity index (χ0) is 19.3. The Morgan fingerprint density at radius 1 is 1.21 bits per heavy atom. The van der Waals surface area contributed by atoms with Gasteiger partial charge in [-0.05, 0) is 47.2 Å². The molecule has 0 fully saturated rings. The van der Waals surface area contributed by atoms with Crippen molar-refractivity contribution in [1.29, 1.82) is 0 Å². The van der Waals surface area contributed by atoms with E-state index in [0.29, 0.717) is 24.7 Å². The second-order valence-electron chi connectivity index (χ2n) is 6.23. The van der Waals surface area contributed by atoms with Gasteiger partial charge in [-0.15, -0.1) is 5.10 Å². The first-order chi connectivity index (χ1) is 13.7. The van der Waals surface area contributed by atoms with Crippen molar-refractivity contribution < 1.29 is 19.0 Å². The fraction of sp³-hybridized carbons (Fsp3) is 0.263. The van der Waals surface area contributed by atoms with Crippen LogP contribution in [0, 0.1) is 0 Å². The van der Waals surface area contributed by atoms with Gasteiger partial charge < -0.3 is 19.5 Å². The maximum atomic E-state index is 12.3. The fourth-order valence-electron chi connectivity index (χ4n) is 2.84. The number of hydrogen-bond donors (Lipinski definition) is 1. The van der Waals surface area contributed by atoms with E-state index >= 15 is 0 Å². The fourth-order valence-corrected chi connectivity index (χ4v) is 2.84. The summed E-state index contributed by atoms with van der Waals surface area (Å²) in [6, 6.07) is 12.6. The van der Waals surface area contributed by atoms with Gasteiger partial charge in [-0.3, -0.25) is 4.79 Å². The van der Waals surface area contributed by atoms with Crippen LogP contribution < -0.4 is 19.5 Å². The summed E-state index contributed by atoms with van der Waals surface area (Å²) in [7, 11) is 0. The highest BCUT2D eigenvalue weighted by molar-refractivity contribution is 5.78. The van der Waals surface area contributed by atoms with Gasteiger partial charge in [0.15, 0.2) is 18.1 Å². The standard InChI is InChI=1S/C19H19N5O4/c1-13(14-5-6-17-18(9-14)27-8-7-26-17)21-19(25)11-28-16-4-2-3-15(10-16)24-12-20-22-23-24/h2-6,9-10,12-13H,7-8,11H2,1H3,(H,21,25)/t13-/m0/s1. The Morgan fingerprint density at radius 3 is 2.89 bits per heavy atom. The molecule has 2 aromatic carbocycles. The minimum atomic E-state index is -0.227. The average molecular weight is 381 g/mol. The van der Waals surface area contributed by atoms with Crippen LogP contribution in [0.1, 0.15) is 18.5 Å². The van der Waals surface area contributed by atoms with E-state index in [1.54, 1.807) is 12.1 Å². The molecule has 28 heavy (non-hydrogen) atoms. The van der Waals surface area contributed by atoms with Crippen molar-refractivity contribution in [1.82, 2.24) is 25.5 Å². The molecule has 9 heteroatoms. The maximum absolute atomic E-state index is 12.3. The number of nitrogens with one attached hydrogen (secondary N) is 1. The molecule has 0 bridgehead atoms. The summed E-state index contributed by atoms with van der Waals surface area (Å²) in [5.74, 6) is 1.74. The number of hydrogen-bond acceptors (Lipinski definition) is 7. The summed E-state index contributed by atoms with van der Waals surface area (Å²) >= 11 is 0. The molecule has 0 saturated heterocycles. The number of amides is 1. The third kappa shape index (κ3) is 4.03. The van der Waals surface area contributed by atoms with Crippen molar-refractivity contribution in [2.24, 2.45) is 0 Å². The number of fused-ring (bicyclic) bond motifs is 1. The highest BCUT2D eigenvalue weighted by Crippen LogP contribution is 2.32. The number of ether oxygens (including phenoxy) is 3. The topological polar surface area (TPSA) is 100 Å². The largest absolute Gasteiger partial charge is 0.486 e. The lowest BCUT2D eigenvalue weighted by molar-refractivity contribution is -0.123. The van der Waals surface area contributed by atoms with Crippen molar-refractivity contribution in [3.63, 3.8) is 0 Å². The molecule has 0 unspecified atom stereocenters. The number of aromatic nitrogens is 4. The third-order valence-corrected chi connectivity index (χ3v) is 4.24. The molecule has 0 aliphatic carbocycles. The Hall–Kier alpha value is -3.62. The normalized spacial score (nSPS) is 13.6. The average Bonchev–Trinajstić information content (AvgIpc) is 3.27. The number of tetrazole rings is 1. The number of nitrogens with zero attached hydrogens (tertiary/aromatic N) is 4. The summed E-state index contributed by atoms with van der Waals surface area (Å²) in [4.78, 5) is 12.3. The van der Waals surface area contributed by atoms with Gasteiger partial charge in [0.2, 0.25) is 0 Å². The van der Waals surface area contributed by atoms with E-state index in [2.05, 4.69) is 20.8 Å². The molecule has 1 aliphatic heterocycles. The lowest BCUT2D eigenvalue weighted by Crippen LogP contribution is -2.31. The van der Waals surface area contributed by atoms with Crippen LogP contribution in [0.5, 0.6) is 17.2 Å². The molecule has 0 spiro atoms. The lowest BCUT2D eigenvalue weighted by atomic mass is 10.1. The van der Waals surface area contributed by atoms with Crippen LogP contribution in [0.25, 0.3) is 5.69 Å². The molecule has 1 amide bonds. The SMILES string of the molecule is C[C@H](NC(=O)COc1cccc(-n2cnnn2)c1)c1ccc2c(c1)OCCO2. The van der Waals surface area contributed by atoms with E-state index in [0.717, 1.165) is 17.0 Å². The smallest absolute Gasteiger partial charge is 0.258 e. The van der Waals surface area contributed by atoms with Gasteiger partial charge in [0.25, 0.3) is 5.91 Å². The van der Waals surface area contributed by atoms with Gasteiger partial charge in [0.1, 0.15) is 25.3 Å². The molecular formula is C19H19N5O4. The highest BCUT2D eigenvalue weighted by atomic mass is 16.6. The first-order valence-corrected chi connectivity index (χ1v) is 8.84. The summed E-state index contributed by atoms with van der Waals surface area (Å²) in [6.45, 7) is 2.87. The maximum Gasteiger partial charge on any atom is 0.258 e. The van der Waals surface area contributed by atoms with Crippen molar-refractivity contribution in [3.8, 4) is 22.9 Å². The Bertz CT molecular complexity index is 961. The van der Waals surface area contributed by atoms with Crippen LogP contribution in [0.2, 0.25) is 0 Å². The van der Waals surface area contributed by atoms with E-state index in [1.807, 2.05) is 37.3 Å². The second-order valence-corrected chi connectivity index (χ2v) is 6.23. The third-order valence-electron chi connectivity index (χ3n) is 4.24. The molecular weight excluding hydrogens is 362 g/mol. The van der Waals surface area contributed by atoms with Gasteiger partial charge in [0.05, 0.1) is 11.7 Å². The van der Waals surface area contributed by atoms with Crippen LogP contribution in [0.4, 0.5) is 0 Å². The first-order valence-electron chi connectivity index (χ1n) is 8.84. The molecule has 1 atom stereocenters. The molecule has 0 saturated carbocycles. The Labute approximate surface area is 161 Å². The zero-order valence-corrected chi connectivity index (χ0v) is 15.2. The van der Waals surface area contributed by atoms with Crippen LogP contribution in [0.15, 0.2) is 48.8 Å². The molecule has 9 nitrogen and oxygen atoms in total. The van der Waals surface area contributed by atoms with Crippen molar-refractivity contribution in [2.45, 2.75) is 13.0 Å². The van der Waals surface area contributed by atoms with Crippen LogP contribution in [-0.2, 0) is 4.79 Å². The lowest BCUT2D eigenvalue weighted by Gasteiger charge is -2.21. The van der Waals surface area contributed by atoms with E-state index in [9.17, 15) is 4.79 Å². The summed E-state index contributed by atoms with van der Waals surface area (Å²) in [5, 5.41) is 13.9. The van der Waals surface area contributed by atoms with Crippen LogP contribution in [-0.4, -0.2) is 45.9 Å². The van der Waals surface area contributed by atoms with E-state index in [4.69, 9.17) is 14.2 Å². The van der Waals surface area contributed by atoms with Gasteiger partial charge in [-0.25, -0.2) is 4.68 Å². The number of benzene rings is 2. The predicted molar refractivity (Wildman–Crippen MR) is 98.6 cm³/mol. The Morgan fingerprint density at radius 2 is 2.07 bits per heavy atom. The Kier molecular flexibility index (Phi) is 5.05. The molecule has 2 heterocycles. The minimum absolute atomic E-state index is 0.103. The van der Waals surface area contributed by atoms with Crippen LogP contribution in [0.3, 0.4) is 0 Å². The molecule has 1 aromatic heterocycles. The predicted octanol–water partition coefficient (Wildman–Crippen LogP) is 1.69. The molecule has 144 valence electrons. The molecule has 0 radical (unpaired) electrons. The number of rotatable bonds is 6. The van der Waals surface area contributed by atoms with Crippen molar-refractivity contribution in [3.05, 3.63) is 54.4 Å².